The van der Waals surface area contributed by atoms with Crippen LogP contribution >= 0.6 is 23.2 Å². The molecule has 0 radical (unpaired) electrons. The molecule has 21 heavy (non-hydrogen) atoms. The van der Waals surface area contributed by atoms with Crippen LogP contribution in [-0.2, 0) is 4.79 Å². The summed E-state index contributed by atoms with van der Waals surface area (Å²) in [5.74, 6) is -2.08. The molecule has 0 saturated heterocycles. The monoisotopic (exact) mass is 336 g/mol. The predicted octanol–water partition coefficient (Wildman–Crippen LogP) is 3.33. The van der Waals surface area contributed by atoms with Gasteiger partial charge in [0.2, 0.25) is 0 Å². The van der Waals surface area contributed by atoms with Gasteiger partial charge in [0.05, 0.1) is 18.7 Å². The molecule has 0 heterocycles. The highest BCUT2D eigenvalue weighted by Gasteiger charge is 2.23. The zero-order chi connectivity index (χ0) is 16.0. The minimum Gasteiger partial charge on any atom is -0.494 e. The van der Waals surface area contributed by atoms with Gasteiger partial charge in [-0.3, -0.25) is 4.79 Å². The molecule has 0 aliphatic carbocycles. The van der Waals surface area contributed by atoms with Crippen LogP contribution < -0.4 is 9.47 Å². The molecule has 0 aliphatic rings. The molecule has 8 heteroatoms. The Morgan fingerprint density at radius 1 is 1.24 bits per heavy atom. The Hall–Kier alpha value is -1.66. The second kappa shape index (κ2) is 7.95. The summed E-state index contributed by atoms with van der Waals surface area (Å²) in [5, 5.41) is 17.6. The van der Waals surface area contributed by atoms with Crippen LogP contribution in [0.1, 0.15) is 29.6 Å². The van der Waals surface area contributed by atoms with Gasteiger partial charge < -0.3 is 19.7 Å². The van der Waals surface area contributed by atoms with Gasteiger partial charge in [-0.25, -0.2) is 4.79 Å². The zero-order valence-corrected chi connectivity index (χ0v) is 12.7. The summed E-state index contributed by atoms with van der Waals surface area (Å²) < 4.78 is 10.3. The third-order valence-electron chi connectivity index (χ3n) is 2.60. The fourth-order valence-electron chi connectivity index (χ4n) is 1.64. The van der Waals surface area contributed by atoms with Crippen molar-refractivity contribution in [2.24, 2.45) is 0 Å². The number of aromatic carboxylic acids is 1. The van der Waals surface area contributed by atoms with Crippen molar-refractivity contribution in [3.8, 4) is 11.5 Å². The first-order valence-electron chi connectivity index (χ1n) is 6.02. The van der Waals surface area contributed by atoms with Crippen molar-refractivity contribution in [1.82, 2.24) is 0 Å². The minimum absolute atomic E-state index is 0.0348. The number of aliphatic carboxylic acids is 1. The molecular weight excluding hydrogens is 323 g/mol. The largest absolute Gasteiger partial charge is 0.494 e. The van der Waals surface area contributed by atoms with Crippen LogP contribution in [0.2, 0.25) is 10.0 Å². The van der Waals surface area contributed by atoms with E-state index in [4.69, 9.17) is 42.9 Å². The third kappa shape index (κ3) is 4.68. The van der Waals surface area contributed by atoms with Crippen LogP contribution in [0.3, 0.4) is 0 Å². The number of carbonyl (C=O) groups is 2. The van der Waals surface area contributed by atoms with Crippen LogP contribution in [0, 0.1) is 0 Å². The number of carboxylic acid groups (broad SMARTS) is 2. The van der Waals surface area contributed by atoms with Gasteiger partial charge in [0.25, 0.3) is 0 Å². The van der Waals surface area contributed by atoms with Gasteiger partial charge in [-0.1, -0.05) is 23.2 Å². The number of carboxylic acids is 2. The lowest BCUT2D eigenvalue weighted by Crippen LogP contribution is -2.06. The number of ether oxygens (including phenoxy) is 2. The Balaban J connectivity index is 2.84. The summed E-state index contributed by atoms with van der Waals surface area (Å²) in [6.07, 6.45) is 0.984. The van der Waals surface area contributed by atoms with Gasteiger partial charge >= 0.3 is 11.9 Å². The molecule has 0 fully saturated rings. The molecule has 1 aromatic carbocycles. The van der Waals surface area contributed by atoms with Crippen LogP contribution in [0.15, 0.2) is 6.07 Å². The molecule has 0 unspecified atom stereocenters. The number of hydrogen-bond acceptors (Lipinski definition) is 4. The maximum absolute atomic E-state index is 11.2. The van der Waals surface area contributed by atoms with Gasteiger partial charge in [0, 0.05) is 12.5 Å². The lowest BCUT2D eigenvalue weighted by atomic mass is 10.2. The highest BCUT2D eigenvalue weighted by molar-refractivity contribution is 6.38. The Kier molecular flexibility index (Phi) is 6.58. The standard InChI is InChI=1S/C13H14Cl2O6/c1-20-12-7(14)6-8(11(15)10(12)13(18)19)21-5-3-2-4-9(16)17/h6H,2-5H2,1H3,(H,16,17)(H,18,19). The van der Waals surface area contributed by atoms with Crippen molar-refractivity contribution < 1.29 is 29.3 Å². The van der Waals surface area contributed by atoms with Crippen molar-refractivity contribution in [1.29, 1.82) is 0 Å². The van der Waals surface area contributed by atoms with Gasteiger partial charge in [-0.05, 0) is 12.8 Å². The normalized spacial score (nSPS) is 10.2. The molecule has 0 bridgehead atoms. The summed E-state index contributed by atoms with van der Waals surface area (Å²) in [7, 11) is 1.29. The molecule has 2 N–H and O–H groups in total. The summed E-state index contributed by atoms with van der Waals surface area (Å²) in [6, 6.07) is 1.37. The first-order chi connectivity index (χ1) is 9.88. The van der Waals surface area contributed by atoms with Crippen molar-refractivity contribution in [3.63, 3.8) is 0 Å². The molecule has 0 amide bonds. The van der Waals surface area contributed by atoms with E-state index in [0.717, 1.165) is 0 Å². The highest BCUT2D eigenvalue weighted by Crippen LogP contribution is 2.40. The Bertz CT molecular complexity index is 544. The molecule has 0 atom stereocenters. The van der Waals surface area contributed by atoms with Crippen molar-refractivity contribution >= 4 is 35.1 Å². The van der Waals surface area contributed by atoms with E-state index in [1.807, 2.05) is 0 Å². The average Bonchev–Trinajstić information content (AvgIpc) is 2.40. The highest BCUT2D eigenvalue weighted by atomic mass is 35.5. The maximum atomic E-state index is 11.2. The van der Waals surface area contributed by atoms with Gasteiger partial charge in [0.1, 0.15) is 16.3 Å². The van der Waals surface area contributed by atoms with E-state index in [0.29, 0.717) is 12.8 Å². The second-order valence-electron chi connectivity index (χ2n) is 4.08. The van der Waals surface area contributed by atoms with E-state index < -0.39 is 11.9 Å². The molecular formula is C13H14Cl2O6. The fraction of sp³-hybridized carbons (Fsp3) is 0.385. The SMILES string of the molecule is COc1c(Cl)cc(OCCCCC(=O)O)c(Cl)c1C(=O)O. The first kappa shape index (κ1) is 17.4. The van der Waals surface area contributed by atoms with Crippen LogP contribution in [0.25, 0.3) is 0 Å². The first-order valence-corrected chi connectivity index (χ1v) is 6.78. The number of halogens is 2. The van der Waals surface area contributed by atoms with E-state index in [9.17, 15) is 9.59 Å². The Labute approximate surface area is 131 Å². The van der Waals surface area contributed by atoms with Gasteiger partial charge in [-0.15, -0.1) is 0 Å². The number of hydrogen-bond donors (Lipinski definition) is 2. The molecule has 1 aromatic rings. The zero-order valence-electron chi connectivity index (χ0n) is 11.2. The van der Waals surface area contributed by atoms with Gasteiger partial charge in [-0.2, -0.15) is 0 Å². The molecule has 6 nitrogen and oxygen atoms in total. The predicted molar refractivity (Wildman–Crippen MR) is 77.0 cm³/mol. The van der Waals surface area contributed by atoms with Crippen molar-refractivity contribution in [2.45, 2.75) is 19.3 Å². The lowest BCUT2D eigenvalue weighted by Gasteiger charge is -2.14. The number of rotatable bonds is 8. The summed E-state index contributed by atoms with van der Waals surface area (Å²) >= 11 is 11.9. The van der Waals surface area contributed by atoms with E-state index in [1.54, 1.807) is 0 Å². The molecule has 0 spiro atoms. The minimum atomic E-state index is -1.28. The maximum Gasteiger partial charge on any atom is 0.341 e. The topological polar surface area (TPSA) is 93.1 Å². The van der Waals surface area contributed by atoms with Crippen molar-refractivity contribution in [2.75, 3.05) is 13.7 Å². The number of unbranched alkanes of at least 4 members (excludes halogenated alkanes) is 1. The Morgan fingerprint density at radius 3 is 2.43 bits per heavy atom. The van der Waals surface area contributed by atoms with Crippen molar-refractivity contribution in [3.05, 3.63) is 21.7 Å². The fourth-order valence-corrected chi connectivity index (χ4v) is 2.19. The lowest BCUT2D eigenvalue weighted by molar-refractivity contribution is -0.137. The number of methoxy groups -OCH3 is 1. The van der Waals surface area contributed by atoms with E-state index >= 15 is 0 Å². The summed E-state index contributed by atoms with van der Waals surface area (Å²) in [4.78, 5) is 21.6. The average molecular weight is 337 g/mol. The van der Waals surface area contributed by atoms with E-state index in [-0.39, 0.29) is 40.1 Å². The van der Waals surface area contributed by atoms with E-state index in [2.05, 4.69) is 0 Å². The summed E-state index contributed by atoms with van der Waals surface area (Å²) in [6.45, 7) is 0.203. The summed E-state index contributed by atoms with van der Waals surface area (Å²) in [5.41, 5.74) is -0.271. The van der Waals surface area contributed by atoms with E-state index in [1.165, 1.54) is 13.2 Å². The van der Waals surface area contributed by atoms with Crippen LogP contribution in [0.4, 0.5) is 0 Å². The molecule has 0 aromatic heterocycles. The second-order valence-corrected chi connectivity index (χ2v) is 4.87. The molecule has 1 rings (SSSR count). The molecule has 0 aliphatic heterocycles. The van der Waals surface area contributed by atoms with Crippen LogP contribution in [0.5, 0.6) is 11.5 Å². The quantitative estimate of drug-likeness (QED) is 0.707. The Morgan fingerprint density at radius 2 is 1.90 bits per heavy atom. The third-order valence-corrected chi connectivity index (χ3v) is 3.25. The molecule has 116 valence electrons. The number of benzene rings is 1. The van der Waals surface area contributed by atoms with Crippen LogP contribution in [-0.4, -0.2) is 35.9 Å². The molecule has 0 saturated carbocycles. The van der Waals surface area contributed by atoms with Gasteiger partial charge in [0.15, 0.2) is 5.75 Å². The smallest absolute Gasteiger partial charge is 0.341 e.